The van der Waals surface area contributed by atoms with Crippen LogP contribution in [-0.2, 0) is 13.0 Å². The first-order chi connectivity index (χ1) is 19.0. The number of benzene rings is 2. The van der Waals surface area contributed by atoms with Gasteiger partial charge < -0.3 is 4.90 Å². The zero-order chi connectivity index (χ0) is 26.8. The van der Waals surface area contributed by atoms with Crippen molar-refractivity contribution in [2.24, 2.45) is 0 Å². The number of pyridine rings is 1. The van der Waals surface area contributed by atoms with Gasteiger partial charge in [0, 0.05) is 62.9 Å². The van der Waals surface area contributed by atoms with Gasteiger partial charge in [-0.1, -0.05) is 60.2 Å². The van der Waals surface area contributed by atoms with Gasteiger partial charge in [0.2, 0.25) is 0 Å². The minimum absolute atomic E-state index is 0.149. The molecule has 0 amide bonds. The number of Topliss-reactive ketones (excluding diaryl/α,β-unsaturated/α-hetero) is 1. The summed E-state index contributed by atoms with van der Waals surface area (Å²) in [6.07, 6.45) is 12.8. The average molecular weight is 520 g/mol. The van der Waals surface area contributed by atoms with E-state index in [1.807, 2.05) is 18.3 Å². The maximum Gasteiger partial charge on any atom is 0.166 e. The van der Waals surface area contributed by atoms with Crippen molar-refractivity contribution < 1.29 is 9.18 Å². The van der Waals surface area contributed by atoms with E-state index in [1.165, 1.54) is 17.2 Å². The van der Waals surface area contributed by atoms with Crippen molar-refractivity contribution in [2.75, 3.05) is 33.2 Å². The van der Waals surface area contributed by atoms with Gasteiger partial charge in [-0.15, -0.1) is 0 Å². The van der Waals surface area contributed by atoms with Crippen LogP contribution < -0.4 is 0 Å². The highest BCUT2D eigenvalue weighted by molar-refractivity contribution is 5.98. The monoisotopic (exact) mass is 519 g/mol. The first-order valence-corrected chi connectivity index (χ1v) is 13.9. The molecule has 39 heavy (non-hydrogen) atoms. The molecule has 0 radical (unpaired) electrons. The lowest BCUT2D eigenvalue weighted by molar-refractivity contribution is 0.0978. The van der Waals surface area contributed by atoms with Gasteiger partial charge in [0.25, 0.3) is 0 Å². The molecule has 1 fully saturated rings. The molecule has 0 bridgehead atoms. The smallest absolute Gasteiger partial charge is 0.166 e. The quantitative estimate of drug-likeness (QED) is 0.320. The van der Waals surface area contributed by atoms with E-state index in [2.05, 4.69) is 59.3 Å². The highest BCUT2D eigenvalue weighted by Crippen LogP contribution is 2.35. The highest BCUT2D eigenvalue weighted by atomic mass is 19.1. The predicted molar refractivity (Wildman–Crippen MR) is 155 cm³/mol. The Morgan fingerprint density at radius 1 is 0.949 bits per heavy atom. The van der Waals surface area contributed by atoms with E-state index in [-0.39, 0.29) is 11.3 Å². The topological polar surface area (TPSA) is 36.4 Å². The summed E-state index contributed by atoms with van der Waals surface area (Å²) in [6.45, 7) is 5.43. The van der Waals surface area contributed by atoms with Crippen molar-refractivity contribution in [3.63, 3.8) is 0 Å². The molecule has 3 aliphatic rings. The number of aromatic nitrogens is 1. The van der Waals surface area contributed by atoms with Crippen LogP contribution in [0.25, 0.3) is 16.7 Å². The number of piperazine rings is 1. The summed E-state index contributed by atoms with van der Waals surface area (Å²) < 4.78 is 14.7. The van der Waals surface area contributed by atoms with Crippen molar-refractivity contribution in [3.05, 3.63) is 118 Å². The minimum Gasteiger partial charge on any atom is -0.304 e. The molecule has 198 valence electrons. The van der Waals surface area contributed by atoms with Gasteiger partial charge in [0.1, 0.15) is 5.82 Å². The summed E-state index contributed by atoms with van der Waals surface area (Å²) in [4.78, 5) is 22.6. The van der Waals surface area contributed by atoms with Gasteiger partial charge in [-0.2, -0.15) is 0 Å². The number of hydrogen-bond acceptors (Lipinski definition) is 4. The van der Waals surface area contributed by atoms with E-state index in [1.54, 1.807) is 12.1 Å². The second-order valence-corrected chi connectivity index (χ2v) is 10.9. The van der Waals surface area contributed by atoms with Gasteiger partial charge in [0.15, 0.2) is 5.78 Å². The van der Waals surface area contributed by atoms with Crippen molar-refractivity contribution >= 4 is 11.4 Å². The van der Waals surface area contributed by atoms with Gasteiger partial charge in [-0.3, -0.25) is 14.7 Å². The second-order valence-electron chi connectivity index (χ2n) is 10.9. The van der Waals surface area contributed by atoms with E-state index in [0.29, 0.717) is 12.8 Å². The van der Waals surface area contributed by atoms with Gasteiger partial charge >= 0.3 is 0 Å². The summed E-state index contributed by atoms with van der Waals surface area (Å²) in [6, 6.07) is 15.9. The van der Waals surface area contributed by atoms with Crippen LogP contribution in [0.1, 0.15) is 52.0 Å². The normalized spacial score (nSPS) is 17.3. The standard InChI is InChI=1S/C34H34FN3O/c1-37-16-18-38(19-17-37)23-25-6-9-26(10-7-25)28-21-30-29(12-14-33(30)36-22-28)27-11-13-32(35)31(20-27)34(39)15-8-24-4-2-3-5-24/h2-4,6-7,9-13,20-22H,5,8,14-19,23H2,1H3. The Labute approximate surface area is 230 Å². The summed E-state index contributed by atoms with van der Waals surface area (Å²) in [5, 5.41) is 0. The lowest BCUT2D eigenvalue weighted by Crippen LogP contribution is -2.43. The maximum absolute atomic E-state index is 14.7. The fraction of sp³-hybridized carbons (Fsp3) is 0.294. The van der Waals surface area contributed by atoms with Crippen molar-refractivity contribution in [3.8, 4) is 11.1 Å². The Balaban J connectivity index is 1.18. The number of nitrogens with zero attached hydrogens (tertiary/aromatic N) is 3. The molecule has 0 N–H and O–H groups in total. The first-order valence-electron chi connectivity index (χ1n) is 13.9. The molecule has 1 saturated heterocycles. The van der Waals surface area contributed by atoms with E-state index >= 15 is 0 Å². The number of carbonyl (C=O) groups is 1. The summed E-state index contributed by atoms with van der Waals surface area (Å²) in [5.74, 6) is -0.603. The largest absolute Gasteiger partial charge is 0.304 e. The number of carbonyl (C=O) groups excluding carboxylic acids is 1. The second kappa shape index (κ2) is 11.2. The molecule has 0 spiro atoms. The van der Waals surface area contributed by atoms with Crippen LogP contribution in [-0.4, -0.2) is 53.8 Å². The predicted octanol–water partition coefficient (Wildman–Crippen LogP) is 6.47. The van der Waals surface area contributed by atoms with E-state index < -0.39 is 5.82 Å². The Hall–Kier alpha value is -3.67. The molecule has 4 nitrogen and oxygen atoms in total. The summed E-state index contributed by atoms with van der Waals surface area (Å²) in [7, 11) is 2.18. The molecule has 2 heterocycles. The average Bonchev–Trinajstić information content (AvgIpc) is 3.64. The number of likely N-dealkylation sites (N-methyl/N-ethyl adjacent to an activating group) is 1. The lowest BCUT2D eigenvalue weighted by atomic mass is 9.94. The van der Waals surface area contributed by atoms with E-state index in [4.69, 9.17) is 4.98 Å². The molecular weight excluding hydrogens is 485 g/mol. The fourth-order valence-corrected chi connectivity index (χ4v) is 5.69. The van der Waals surface area contributed by atoms with Crippen LogP contribution in [0.5, 0.6) is 0 Å². The molecule has 0 atom stereocenters. The highest BCUT2D eigenvalue weighted by Gasteiger charge is 2.21. The minimum atomic E-state index is -0.454. The van der Waals surface area contributed by atoms with Crippen molar-refractivity contribution in [1.29, 1.82) is 0 Å². The Bertz CT molecular complexity index is 1480. The first kappa shape index (κ1) is 25.6. The Morgan fingerprint density at radius 2 is 1.74 bits per heavy atom. The molecule has 2 aliphatic carbocycles. The molecule has 3 aromatic rings. The van der Waals surface area contributed by atoms with Crippen LogP contribution in [0.15, 0.2) is 84.6 Å². The van der Waals surface area contributed by atoms with Crippen molar-refractivity contribution in [2.45, 2.75) is 32.2 Å². The van der Waals surface area contributed by atoms with Crippen molar-refractivity contribution in [1.82, 2.24) is 14.8 Å². The van der Waals surface area contributed by atoms with Crippen LogP contribution in [0, 0.1) is 5.82 Å². The third-order valence-corrected chi connectivity index (χ3v) is 8.15. The van der Waals surface area contributed by atoms with Crippen LogP contribution in [0.3, 0.4) is 0 Å². The SMILES string of the molecule is CN1CCN(Cc2ccc(-c3cnc4c(c3)C(c3ccc(F)c(C(=O)CCC5=CC=CC5)c3)=CC4)cc2)CC1. The third-order valence-electron chi connectivity index (χ3n) is 8.15. The number of halogens is 1. The number of rotatable bonds is 8. The molecule has 1 aliphatic heterocycles. The van der Waals surface area contributed by atoms with Gasteiger partial charge in [0.05, 0.1) is 11.3 Å². The van der Waals surface area contributed by atoms with Gasteiger partial charge in [-0.05, 0) is 60.4 Å². The molecule has 2 aromatic carbocycles. The van der Waals surface area contributed by atoms with Crippen LogP contribution >= 0.6 is 0 Å². The van der Waals surface area contributed by atoms with E-state index in [9.17, 15) is 9.18 Å². The number of allylic oxidation sites excluding steroid dienone is 5. The number of hydrogen-bond donors (Lipinski definition) is 0. The van der Waals surface area contributed by atoms with Crippen LogP contribution in [0.2, 0.25) is 0 Å². The Kier molecular flexibility index (Phi) is 7.36. The molecule has 6 rings (SSSR count). The number of ketones is 1. The Morgan fingerprint density at radius 3 is 2.51 bits per heavy atom. The zero-order valence-electron chi connectivity index (χ0n) is 22.5. The van der Waals surface area contributed by atoms with E-state index in [0.717, 1.165) is 79.1 Å². The summed E-state index contributed by atoms with van der Waals surface area (Å²) >= 11 is 0. The zero-order valence-corrected chi connectivity index (χ0v) is 22.5. The van der Waals surface area contributed by atoms with Gasteiger partial charge in [-0.25, -0.2) is 4.39 Å². The molecule has 1 aromatic heterocycles. The summed E-state index contributed by atoms with van der Waals surface area (Å²) in [5.41, 5.74) is 8.85. The van der Waals surface area contributed by atoms with Crippen LogP contribution in [0.4, 0.5) is 4.39 Å². The third kappa shape index (κ3) is 5.70. The fourth-order valence-electron chi connectivity index (χ4n) is 5.69. The lowest BCUT2D eigenvalue weighted by Gasteiger charge is -2.32. The number of fused-ring (bicyclic) bond motifs is 1. The molecule has 0 unspecified atom stereocenters. The molecule has 5 heteroatoms. The molecule has 0 saturated carbocycles. The molecular formula is C34H34FN3O. The maximum atomic E-state index is 14.7.